The molecule has 27 heavy (non-hydrogen) atoms. The summed E-state index contributed by atoms with van der Waals surface area (Å²) in [6, 6.07) is 11.4. The SMILES string of the molecule is O=C(COc1cccc(Cl)c1)N1CCN(S(=O)(=O)c2ccc(F)cc2)CC1. The van der Waals surface area contributed by atoms with E-state index in [4.69, 9.17) is 16.3 Å². The Labute approximate surface area is 162 Å². The van der Waals surface area contributed by atoms with Crippen LogP contribution in [-0.4, -0.2) is 56.3 Å². The van der Waals surface area contributed by atoms with Crippen LogP contribution in [0.3, 0.4) is 0 Å². The van der Waals surface area contributed by atoms with Crippen LogP contribution < -0.4 is 4.74 Å². The number of hydrogen-bond donors (Lipinski definition) is 0. The van der Waals surface area contributed by atoms with Crippen molar-refractivity contribution >= 4 is 27.5 Å². The summed E-state index contributed by atoms with van der Waals surface area (Å²) in [5, 5.41) is 0.513. The van der Waals surface area contributed by atoms with Crippen LogP contribution in [-0.2, 0) is 14.8 Å². The Kier molecular flexibility index (Phi) is 5.98. The molecule has 3 rings (SSSR count). The Morgan fingerprint density at radius 1 is 1.07 bits per heavy atom. The van der Waals surface area contributed by atoms with E-state index in [1.165, 1.54) is 16.4 Å². The highest BCUT2D eigenvalue weighted by Gasteiger charge is 2.30. The molecule has 1 aliphatic heterocycles. The molecule has 6 nitrogen and oxygen atoms in total. The monoisotopic (exact) mass is 412 g/mol. The van der Waals surface area contributed by atoms with E-state index in [0.29, 0.717) is 10.8 Å². The van der Waals surface area contributed by atoms with Gasteiger partial charge in [-0.05, 0) is 42.5 Å². The molecule has 0 atom stereocenters. The Morgan fingerprint density at radius 2 is 1.74 bits per heavy atom. The van der Waals surface area contributed by atoms with Gasteiger partial charge in [0.1, 0.15) is 11.6 Å². The Balaban J connectivity index is 1.55. The first kappa shape index (κ1) is 19.6. The van der Waals surface area contributed by atoms with Gasteiger partial charge in [-0.2, -0.15) is 4.31 Å². The fraction of sp³-hybridized carbons (Fsp3) is 0.278. The number of piperazine rings is 1. The number of nitrogens with zero attached hydrogens (tertiary/aromatic N) is 2. The van der Waals surface area contributed by atoms with E-state index in [-0.39, 0.29) is 43.6 Å². The molecule has 1 heterocycles. The van der Waals surface area contributed by atoms with Crippen molar-refractivity contribution in [2.24, 2.45) is 0 Å². The lowest BCUT2D eigenvalue weighted by atomic mass is 10.3. The van der Waals surface area contributed by atoms with Crippen molar-refractivity contribution in [1.29, 1.82) is 0 Å². The molecule has 1 aliphatic rings. The van der Waals surface area contributed by atoms with Crippen LogP contribution in [0.1, 0.15) is 0 Å². The predicted octanol–water partition coefficient (Wildman–Crippen LogP) is 2.39. The first-order chi connectivity index (χ1) is 12.9. The smallest absolute Gasteiger partial charge is 0.260 e. The lowest BCUT2D eigenvalue weighted by molar-refractivity contribution is -0.134. The topological polar surface area (TPSA) is 66.9 Å². The number of sulfonamides is 1. The zero-order valence-electron chi connectivity index (χ0n) is 14.3. The van der Waals surface area contributed by atoms with Crippen molar-refractivity contribution in [2.75, 3.05) is 32.8 Å². The van der Waals surface area contributed by atoms with Crippen LogP contribution in [0, 0.1) is 5.82 Å². The molecule has 0 aromatic heterocycles. The van der Waals surface area contributed by atoms with Crippen LogP contribution in [0.15, 0.2) is 53.4 Å². The Hall–Kier alpha value is -2.16. The number of ether oxygens (including phenoxy) is 1. The second-order valence-corrected chi connectivity index (χ2v) is 8.36. The molecule has 0 unspecified atom stereocenters. The molecule has 1 fully saturated rings. The van der Waals surface area contributed by atoms with E-state index in [1.807, 2.05) is 0 Å². The molecule has 0 spiro atoms. The fourth-order valence-corrected chi connectivity index (χ4v) is 4.33. The Morgan fingerprint density at radius 3 is 2.37 bits per heavy atom. The maximum Gasteiger partial charge on any atom is 0.260 e. The highest BCUT2D eigenvalue weighted by atomic mass is 35.5. The normalized spacial score (nSPS) is 15.6. The zero-order chi connectivity index (χ0) is 19.4. The molecule has 0 aliphatic carbocycles. The van der Waals surface area contributed by atoms with Crippen molar-refractivity contribution in [3.05, 3.63) is 59.4 Å². The molecule has 0 bridgehead atoms. The molecule has 1 saturated heterocycles. The standard InChI is InChI=1S/C18H18ClFN2O4S/c19-14-2-1-3-16(12-14)26-13-18(23)21-8-10-22(11-9-21)27(24,25)17-6-4-15(20)5-7-17/h1-7,12H,8-11,13H2. The molecular weight excluding hydrogens is 395 g/mol. The second-order valence-electron chi connectivity index (χ2n) is 5.98. The minimum absolute atomic E-state index is 0.0352. The minimum Gasteiger partial charge on any atom is -0.484 e. The first-order valence-corrected chi connectivity index (χ1v) is 10.1. The van der Waals surface area contributed by atoms with Gasteiger partial charge >= 0.3 is 0 Å². The van der Waals surface area contributed by atoms with Gasteiger partial charge in [0, 0.05) is 31.2 Å². The van der Waals surface area contributed by atoms with Crippen LogP contribution in [0.25, 0.3) is 0 Å². The van der Waals surface area contributed by atoms with Gasteiger partial charge in [-0.3, -0.25) is 4.79 Å². The molecule has 0 radical (unpaired) electrons. The predicted molar refractivity (Wildman–Crippen MR) is 98.7 cm³/mol. The van der Waals surface area contributed by atoms with E-state index >= 15 is 0 Å². The van der Waals surface area contributed by atoms with Gasteiger partial charge in [0.2, 0.25) is 10.0 Å². The zero-order valence-corrected chi connectivity index (χ0v) is 15.9. The van der Waals surface area contributed by atoms with Gasteiger partial charge in [0.15, 0.2) is 6.61 Å². The molecule has 0 saturated carbocycles. The summed E-state index contributed by atoms with van der Waals surface area (Å²) >= 11 is 5.87. The van der Waals surface area contributed by atoms with Gasteiger partial charge < -0.3 is 9.64 Å². The molecule has 144 valence electrons. The lowest BCUT2D eigenvalue weighted by Crippen LogP contribution is -2.51. The number of carbonyl (C=O) groups excluding carboxylic acids is 1. The van der Waals surface area contributed by atoms with Crippen LogP contribution in [0.5, 0.6) is 5.75 Å². The summed E-state index contributed by atoms with van der Waals surface area (Å²) in [5.41, 5.74) is 0. The summed E-state index contributed by atoms with van der Waals surface area (Å²) < 4.78 is 44.9. The quantitative estimate of drug-likeness (QED) is 0.756. The van der Waals surface area contributed by atoms with Crippen molar-refractivity contribution < 1.29 is 22.3 Å². The van der Waals surface area contributed by atoms with Crippen molar-refractivity contribution in [3.8, 4) is 5.75 Å². The van der Waals surface area contributed by atoms with Crippen molar-refractivity contribution in [2.45, 2.75) is 4.90 Å². The van der Waals surface area contributed by atoms with Crippen LogP contribution in [0.4, 0.5) is 4.39 Å². The van der Waals surface area contributed by atoms with Crippen molar-refractivity contribution in [1.82, 2.24) is 9.21 Å². The highest BCUT2D eigenvalue weighted by molar-refractivity contribution is 7.89. The number of halogens is 2. The summed E-state index contributed by atoms with van der Waals surface area (Å²) in [7, 11) is -3.71. The fourth-order valence-electron chi connectivity index (χ4n) is 2.73. The van der Waals surface area contributed by atoms with E-state index < -0.39 is 15.8 Å². The van der Waals surface area contributed by atoms with Crippen LogP contribution in [0.2, 0.25) is 5.02 Å². The molecule has 9 heteroatoms. The van der Waals surface area contributed by atoms with Gasteiger partial charge in [-0.15, -0.1) is 0 Å². The van der Waals surface area contributed by atoms with E-state index in [1.54, 1.807) is 29.2 Å². The number of benzene rings is 2. The number of carbonyl (C=O) groups is 1. The summed E-state index contributed by atoms with van der Waals surface area (Å²) in [5.74, 6) is -0.230. The summed E-state index contributed by atoms with van der Waals surface area (Å²) in [4.78, 5) is 13.9. The van der Waals surface area contributed by atoms with Crippen LogP contribution >= 0.6 is 11.6 Å². The largest absolute Gasteiger partial charge is 0.484 e. The number of rotatable bonds is 5. The number of hydrogen-bond acceptors (Lipinski definition) is 4. The molecular formula is C18H18ClFN2O4S. The average molecular weight is 413 g/mol. The highest BCUT2D eigenvalue weighted by Crippen LogP contribution is 2.19. The lowest BCUT2D eigenvalue weighted by Gasteiger charge is -2.34. The van der Waals surface area contributed by atoms with E-state index in [0.717, 1.165) is 12.1 Å². The summed E-state index contributed by atoms with van der Waals surface area (Å²) in [6.07, 6.45) is 0. The maximum atomic E-state index is 13.0. The van der Waals surface area contributed by atoms with E-state index in [2.05, 4.69) is 0 Å². The number of amides is 1. The van der Waals surface area contributed by atoms with Gasteiger partial charge in [0.25, 0.3) is 5.91 Å². The van der Waals surface area contributed by atoms with Gasteiger partial charge in [0.05, 0.1) is 4.90 Å². The molecule has 2 aromatic carbocycles. The molecule has 2 aromatic rings. The third-order valence-electron chi connectivity index (χ3n) is 4.20. The van der Waals surface area contributed by atoms with Gasteiger partial charge in [-0.1, -0.05) is 17.7 Å². The third-order valence-corrected chi connectivity index (χ3v) is 6.35. The summed E-state index contributed by atoms with van der Waals surface area (Å²) in [6.45, 7) is 0.715. The second kappa shape index (κ2) is 8.24. The molecule has 0 N–H and O–H groups in total. The maximum absolute atomic E-state index is 13.0. The van der Waals surface area contributed by atoms with Crippen molar-refractivity contribution in [3.63, 3.8) is 0 Å². The minimum atomic E-state index is -3.71. The first-order valence-electron chi connectivity index (χ1n) is 8.28. The Bertz CT molecular complexity index is 913. The average Bonchev–Trinajstić information content (AvgIpc) is 2.66. The molecule has 1 amide bonds. The van der Waals surface area contributed by atoms with Gasteiger partial charge in [-0.25, -0.2) is 12.8 Å². The van der Waals surface area contributed by atoms with E-state index in [9.17, 15) is 17.6 Å². The third kappa shape index (κ3) is 4.77.